The number of rotatable bonds is 5. The predicted octanol–water partition coefficient (Wildman–Crippen LogP) is 4.42. The molecule has 2 unspecified atom stereocenters. The SMILES string of the molecule is CCc1nc(C2(NC(C)C)CCC(CC)C2)sc1C. The van der Waals surface area contributed by atoms with E-state index in [0.717, 1.165) is 12.3 Å². The quantitative estimate of drug-likeness (QED) is 0.863. The molecule has 1 fully saturated rings. The van der Waals surface area contributed by atoms with Crippen LogP contribution in [0.5, 0.6) is 0 Å². The van der Waals surface area contributed by atoms with Gasteiger partial charge in [-0.15, -0.1) is 11.3 Å². The lowest BCUT2D eigenvalue weighted by atomic mass is 9.94. The minimum atomic E-state index is 0.150. The molecule has 0 spiro atoms. The molecule has 1 aromatic heterocycles. The van der Waals surface area contributed by atoms with Gasteiger partial charge in [0.15, 0.2) is 0 Å². The van der Waals surface area contributed by atoms with E-state index in [1.165, 1.54) is 41.3 Å². The standard InChI is InChI=1S/C16H28N2S/c1-6-13-8-9-16(10-13,18-11(3)4)15-17-14(7-2)12(5)19-15/h11,13,18H,6-10H2,1-5H3. The van der Waals surface area contributed by atoms with Crippen molar-refractivity contribution in [2.45, 2.75) is 78.3 Å². The van der Waals surface area contributed by atoms with Crippen molar-refractivity contribution in [3.63, 3.8) is 0 Å². The summed E-state index contributed by atoms with van der Waals surface area (Å²) in [6.45, 7) is 11.2. The van der Waals surface area contributed by atoms with Crippen molar-refractivity contribution in [3.05, 3.63) is 15.6 Å². The Hall–Kier alpha value is -0.410. The van der Waals surface area contributed by atoms with Crippen LogP contribution in [0.15, 0.2) is 0 Å². The first-order chi connectivity index (χ1) is 9.00. The van der Waals surface area contributed by atoms with E-state index in [4.69, 9.17) is 4.98 Å². The normalized spacial score (nSPS) is 27.4. The van der Waals surface area contributed by atoms with Crippen LogP contribution < -0.4 is 5.32 Å². The molecule has 0 aromatic carbocycles. The van der Waals surface area contributed by atoms with Crippen LogP contribution in [0.1, 0.15) is 69.0 Å². The molecule has 2 nitrogen and oxygen atoms in total. The number of hydrogen-bond donors (Lipinski definition) is 1. The summed E-state index contributed by atoms with van der Waals surface area (Å²) < 4.78 is 0. The topological polar surface area (TPSA) is 24.9 Å². The second-order valence-corrected chi connectivity index (χ2v) is 7.48. The van der Waals surface area contributed by atoms with Gasteiger partial charge in [0.05, 0.1) is 11.2 Å². The Kier molecular flexibility index (Phi) is 4.67. The molecule has 2 rings (SSSR count). The van der Waals surface area contributed by atoms with Gasteiger partial charge >= 0.3 is 0 Å². The smallest absolute Gasteiger partial charge is 0.113 e. The second kappa shape index (κ2) is 5.92. The van der Waals surface area contributed by atoms with E-state index in [1.54, 1.807) is 0 Å². The number of hydrogen-bond acceptors (Lipinski definition) is 3. The van der Waals surface area contributed by atoms with Gasteiger partial charge in [0.1, 0.15) is 5.01 Å². The number of nitrogens with one attached hydrogen (secondary N) is 1. The van der Waals surface area contributed by atoms with E-state index in [-0.39, 0.29) is 5.54 Å². The van der Waals surface area contributed by atoms with Crippen LogP contribution in [-0.4, -0.2) is 11.0 Å². The van der Waals surface area contributed by atoms with Crippen molar-refractivity contribution in [3.8, 4) is 0 Å². The van der Waals surface area contributed by atoms with Gasteiger partial charge in [-0.2, -0.15) is 0 Å². The zero-order valence-electron chi connectivity index (χ0n) is 13.0. The van der Waals surface area contributed by atoms with Crippen LogP contribution in [0.2, 0.25) is 0 Å². The zero-order valence-corrected chi connectivity index (χ0v) is 13.9. The molecule has 0 amide bonds. The fraction of sp³-hybridized carbons (Fsp3) is 0.812. The van der Waals surface area contributed by atoms with Crippen LogP contribution in [0.4, 0.5) is 0 Å². The molecule has 3 heteroatoms. The van der Waals surface area contributed by atoms with E-state index < -0.39 is 0 Å². The molecule has 1 N–H and O–H groups in total. The Balaban J connectivity index is 2.32. The van der Waals surface area contributed by atoms with Crippen LogP contribution in [0.25, 0.3) is 0 Å². The number of aryl methyl sites for hydroxylation is 2. The van der Waals surface area contributed by atoms with E-state index in [1.807, 2.05) is 11.3 Å². The fourth-order valence-electron chi connectivity index (χ4n) is 3.40. The van der Waals surface area contributed by atoms with E-state index in [9.17, 15) is 0 Å². The number of thiazole rings is 1. The maximum absolute atomic E-state index is 4.96. The molecule has 0 saturated heterocycles. The largest absolute Gasteiger partial charge is 0.303 e. The maximum Gasteiger partial charge on any atom is 0.113 e. The second-order valence-electron chi connectivity index (χ2n) is 6.27. The van der Waals surface area contributed by atoms with Crippen molar-refractivity contribution in [1.82, 2.24) is 10.3 Å². The summed E-state index contributed by atoms with van der Waals surface area (Å²) >= 11 is 1.92. The van der Waals surface area contributed by atoms with E-state index >= 15 is 0 Å². The van der Waals surface area contributed by atoms with Crippen molar-refractivity contribution in [1.29, 1.82) is 0 Å². The van der Waals surface area contributed by atoms with Gasteiger partial charge in [0, 0.05) is 10.9 Å². The van der Waals surface area contributed by atoms with Crippen LogP contribution in [0.3, 0.4) is 0 Å². The highest BCUT2D eigenvalue weighted by molar-refractivity contribution is 7.11. The molecule has 2 atom stereocenters. The Labute approximate surface area is 122 Å². The summed E-state index contributed by atoms with van der Waals surface area (Å²) in [5.74, 6) is 0.862. The molecule has 1 heterocycles. The molecule has 108 valence electrons. The van der Waals surface area contributed by atoms with Gasteiger partial charge in [-0.1, -0.05) is 20.3 Å². The molecule has 1 saturated carbocycles. The molecule has 0 radical (unpaired) electrons. The Bertz CT molecular complexity index is 424. The molecule has 1 aromatic rings. The summed E-state index contributed by atoms with van der Waals surface area (Å²) in [6.07, 6.45) is 6.21. The zero-order chi connectivity index (χ0) is 14.0. The van der Waals surface area contributed by atoms with E-state index in [2.05, 4.69) is 39.9 Å². The van der Waals surface area contributed by atoms with Gasteiger partial charge in [-0.05, 0) is 52.4 Å². The third kappa shape index (κ3) is 3.03. The first kappa shape index (κ1) is 15.0. The van der Waals surface area contributed by atoms with Gasteiger partial charge in [0.25, 0.3) is 0 Å². The highest BCUT2D eigenvalue weighted by Gasteiger charge is 2.42. The van der Waals surface area contributed by atoms with Crippen molar-refractivity contribution in [2.75, 3.05) is 0 Å². The Morgan fingerprint density at radius 2 is 2.16 bits per heavy atom. The number of aromatic nitrogens is 1. The fourth-order valence-corrected chi connectivity index (χ4v) is 4.59. The lowest BCUT2D eigenvalue weighted by Crippen LogP contribution is -2.44. The molecule has 1 aliphatic rings. The Morgan fingerprint density at radius 3 is 2.63 bits per heavy atom. The molecule has 0 aliphatic heterocycles. The average Bonchev–Trinajstić information content (AvgIpc) is 2.93. The minimum absolute atomic E-state index is 0.150. The van der Waals surface area contributed by atoms with Crippen LogP contribution in [0, 0.1) is 12.8 Å². The third-order valence-electron chi connectivity index (χ3n) is 4.40. The average molecular weight is 280 g/mol. The van der Waals surface area contributed by atoms with Crippen molar-refractivity contribution < 1.29 is 0 Å². The first-order valence-corrected chi connectivity index (χ1v) is 8.56. The van der Waals surface area contributed by atoms with Crippen molar-refractivity contribution in [2.24, 2.45) is 5.92 Å². The van der Waals surface area contributed by atoms with Gasteiger partial charge in [-0.25, -0.2) is 4.98 Å². The summed E-state index contributed by atoms with van der Waals surface area (Å²) in [5.41, 5.74) is 1.45. The van der Waals surface area contributed by atoms with E-state index in [0.29, 0.717) is 6.04 Å². The van der Waals surface area contributed by atoms with Crippen molar-refractivity contribution >= 4 is 11.3 Å². The third-order valence-corrected chi connectivity index (χ3v) is 5.61. The predicted molar refractivity (Wildman–Crippen MR) is 83.8 cm³/mol. The molecule has 0 bridgehead atoms. The first-order valence-electron chi connectivity index (χ1n) is 7.75. The summed E-state index contributed by atoms with van der Waals surface area (Å²) in [4.78, 5) is 6.37. The summed E-state index contributed by atoms with van der Waals surface area (Å²) in [7, 11) is 0. The molecular weight excluding hydrogens is 252 g/mol. The Morgan fingerprint density at radius 1 is 1.42 bits per heavy atom. The minimum Gasteiger partial charge on any atom is -0.303 e. The molecular formula is C16H28N2S. The van der Waals surface area contributed by atoms with Crippen LogP contribution >= 0.6 is 11.3 Å². The van der Waals surface area contributed by atoms with Crippen LogP contribution in [-0.2, 0) is 12.0 Å². The summed E-state index contributed by atoms with van der Waals surface area (Å²) in [5, 5.41) is 5.19. The molecule has 19 heavy (non-hydrogen) atoms. The molecule has 1 aliphatic carbocycles. The lowest BCUT2D eigenvalue weighted by Gasteiger charge is -2.31. The number of nitrogens with zero attached hydrogens (tertiary/aromatic N) is 1. The highest BCUT2D eigenvalue weighted by Crippen LogP contribution is 2.45. The highest BCUT2D eigenvalue weighted by atomic mass is 32.1. The van der Waals surface area contributed by atoms with Gasteiger partial charge in [-0.3, -0.25) is 0 Å². The maximum atomic E-state index is 4.96. The van der Waals surface area contributed by atoms with Gasteiger partial charge in [0.2, 0.25) is 0 Å². The monoisotopic (exact) mass is 280 g/mol. The van der Waals surface area contributed by atoms with Gasteiger partial charge < -0.3 is 5.32 Å². The lowest BCUT2D eigenvalue weighted by molar-refractivity contribution is 0.297. The summed E-state index contributed by atoms with van der Waals surface area (Å²) in [6, 6.07) is 0.518.